The van der Waals surface area contributed by atoms with Gasteiger partial charge in [0.25, 0.3) is 0 Å². The average Bonchev–Trinajstić information content (AvgIpc) is 2.86. The molecule has 0 amide bonds. The van der Waals surface area contributed by atoms with Gasteiger partial charge in [-0.25, -0.2) is 0 Å². The van der Waals surface area contributed by atoms with Crippen LogP contribution < -0.4 is 10.2 Å². The smallest absolute Gasteiger partial charge is 0.0562 e. The lowest BCUT2D eigenvalue weighted by Crippen LogP contribution is -2.35. The third kappa shape index (κ3) is 4.18. The number of anilines is 1. The Morgan fingerprint density at radius 2 is 2.15 bits per heavy atom. The topological polar surface area (TPSA) is 31.4 Å². The number of nitrogens with zero attached hydrogens (tertiary/aromatic N) is 3. The van der Waals surface area contributed by atoms with Gasteiger partial charge in [-0.15, -0.1) is 0 Å². The number of likely N-dealkylation sites (N-methyl/N-ethyl adjacent to an activating group) is 1. The molecule has 1 N–H and O–H groups in total. The lowest BCUT2D eigenvalue weighted by Gasteiger charge is -2.23. The van der Waals surface area contributed by atoms with E-state index in [2.05, 4.69) is 67.1 Å². The number of hydrogen-bond donors (Lipinski definition) is 1. The zero-order valence-corrected chi connectivity index (χ0v) is 13.5. The molecule has 20 heavy (non-hydrogen) atoms. The molecular weight excluding hydrogens is 248 g/mol. The first kappa shape index (κ1) is 15.3. The van der Waals surface area contributed by atoms with E-state index >= 15 is 0 Å². The van der Waals surface area contributed by atoms with Gasteiger partial charge < -0.3 is 15.1 Å². The average molecular weight is 276 g/mol. The first-order chi connectivity index (χ1) is 9.35. The van der Waals surface area contributed by atoms with Gasteiger partial charge in [0, 0.05) is 43.1 Å². The molecule has 4 heteroatoms. The second-order valence-corrected chi connectivity index (χ2v) is 6.96. The molecule has 2 rings (SSSR count). The minimum absolute atomic E-state index is 0.126. The van der Waals surface area contributed by atoms with Crippen molar-refractivity contribution >= 4 is 5.69 Å². The normalized spacial score (nSPS) is 19.9. The molecule has 0 bridgehead atoms. The summed E-state index contributed by atoms with van der Waals surface area (Å²) in [6.07, 6.45) is 3.17. The lowest BCUT2D eigenvalue weighted by molar-refractivity contribution is 0.315. The summed E-state index contributed by atoms with van der Waals surface area (Å²) in [5.41, 5.74) is 2.54. The molecule has 1 atom stereocenters. The van der Waals surface area contributed by atoms with Crippen molar-refractivity contribution in [2.75, 3.05) is 32.1 Å². The Kier molecular flexibility index (Phi) is 4.66. The van der Waals surface area contributed by atoms with Gasteiger partial charge in [0.2, 0.25) is 0 Å². The first-order valence-corrected chi connectivity index (χ1v) is 7.46. The predicted octanol–water partition coefficient (Wildman–Crippen LogP) is 2.11. The number of nitrogens with one attached hydrogen (secondary N) is 1. The number of rotatable bonds is 4. The zero-order valence-electron chi connectivity index (χ0n) is 13.5. The Morgan fingerprint density at radius 3 is 2.75 bits per heavy atom. The van der Waals surface area contributed by atoms with Crippen LogP contribution in [0.4, 0.5) is 5.69 Å². The van der Waals surface area contributed by atoms with Crippen LogP contribution in [0.1, 0.15) is 32.9 Å². The van der Waals surface area contributed by atoms with Gasteiger partial charge >= 0.3 is 0 Å². The van der Waals surface area contributed by atoms with Gasteiger partial charge in [0.15, 0.2) is 0 Å². The SMILES string of the molecule is CN(C)C1CCN(c2ccnc(CNC(C)(C)C)c2)C1. The van der Waals surface area contributed by atoms with Crippen LogP contribution in [0.25, 0.3) is 0 Å². The Balaban J connectivity index is 2.00. The molecular formula is C16H28N4. The van der Waals surface area contributed by atoms with E-state index in [1.165, 1.54) is 12.1 Å². The molecule has 0 spiro atoms. The second-order valence-electron chi connectivity index (χ2n) is 6.96. The highest BCUT2D eigenvalue weighted by molar-refractivity contribution is 5.47. The Labute approximate surface area is 123 Å². The number of aromatic nitrogens is 1. The summed E-state index contributed by atoms with van der Waals surface area (Å²) in [6.45, 7) is 9.61. The molecule has 4 nitrogen and oxygen atoms in total. The van der Waals surface area contributed by atoms with Gasteiger partial charge in [-0.2, -0.15) is 0 Å². The largest absolute Gasteiger partial charge is 0.370 e. The van der Waals surface area contributed by atoms with E-state index in [-0.39, 0.29) is 5.54 Å². The zero-order chi connectivity index (χ0) is 14.8. The molecule has 1 aromatic heterocycles. The van der Waals surface area contributed by atoms with Crippen molar-refractivity contribution in [3.05, 3.63) is 24.0 Å². The summed E-state index contributed by atoms with van der Waals surface area (Å²) < 4.78 is 0. The van der Waals surface area contributed by atoms with E-state index in [0.29, 0.717) is 6.04 Å². The molecule has 0 saturated carbocycles. The van der Waals surface area contributed by atoms with Crippen molar-refractivity contribution in [3.8, 4) is 0 Å². The molecule has 112 valence electrons. The van der Waals surface area contributed by atoms with Crippen LogP contribution in [0.5, 0.6) is 0 Å². The van der Waals surface area contributed by atoms with Gasteiger partial charge in [-0.1, -0.05) is 0 Å². The molecule has 0 aromatic carbocycles. The van der Waals surface area contributed by atoms with Crippen molar-refractivity contribution in [3.63, 3.8) is 0 Å². The van der Waals surface area contributed by atoms with E-state index in [1.807, 2.05) is 6.20 Å². The van der Waals surface area contributed by atoms with E-state index < -0.39 is 0 Å². The van der Waals surface area contributed by atoms with Crippen molar-refractivity contribution in [2.45, 2.75) is 45.3 Å². The maximum absolute atomic E-state index is 4.47. The maximum Gasteiger partial charge on any atom is 0.0562 e. The third-order valence-corrected chi connectivity index (χ3v) is 3.86. The molecule has 1 saturated heterocycles. The standard InChI is InChI=1S/C16H28N4/c1-16(2,3)18-11-13-10-14(6-8-17-13)20-9-7-15(12-20)19(4)5/h6,8,10,15,18H,7,9,11-12H2,1-5H3. The van der Waals surface area contributed by atoms with E-state index in [1.54, 1.807) is 0 Å². The maximum atomic E-state index is 4.47. The third-order valence-electron chi connectivity index (χ3n) is 3.86. The molecule has 1 unspecified atom stereocenters. The highest BCUT2D eigenvalue weighted by Gasteiger charge is 2.24. The Morgan fingerprint density at radius 1 is 1.40 bits per heavy atom. The fraction of sp³-hybridized carbons (Fsp3) is 0.688. The molecule has 0 aliphatic carbocycles. The molecule has 0 radical (unpaired) electrons. The van der Waals surface area contributed by atoms with Crippen LogP contribution in [0, 0.1) is 0 Å². The fourth-order valence-electron chi connectivity index (χ4n) is 2.51. The molecule has 1 aromatic rings. The van der Waals surface area contributed by atoms with Gasteiger partial charge in [0.05, 0.1) is 5.69 Å². The minimum Gasteiger partial charge on any atom is -0.370 e. The summed E-state index contributed by atoms with van der Waals surface area (Å²) in [7, 11) is 4.33. The fourth-order valence-corrected chi connectivity index (χ4v) is 2.51. The van der Waals surface area contributed by atoms with Crippen molar-refractivity contribution in [2.24, 2.45) is 0 Å². The van der Waals surface area contributed by atoms with Crippen LogP contribution >= 0.6 is 0 Å². The van der Waals surface area contributed by atoms with Crippen molar-refractivity contribution in [1.29, 1.82) is 0 Å². The molecule has 1 aliphatic rings. The number of hydrogen-bond acceptors (Lipinski definition) is 4. The second kappa shape index (κ2) is 6.10. The highest BCUT2D eigenvalue weighted by Crippen LogP contribution is 2.22. The van der Waals surface area contributed by atoms with Crippen LogP contribution in [0.15, 0.2) is 18.3 Å². The Bertz CT molecular complexity index is 436. The lowest BCUT2D eigenvalue weighted by atomic mass is 10.1. The monoisotopic (exact) mass is 276 g/mol. The van der Waals surface area contributed by atoms with Gasteiger partial charge in [0.1, 0.15) is 0 Å². The Hall–Kier alpha value is -1.13. The van der Waals surface area contributed by atoms with E-state index in [9.17, 15) is 0 Å². The first-order valence-electron chi connectivity index (χ1n) is 7.46. The van der Waals surface area contributed by atoms with Crippen LogP contribution in [0.3, 0.4) is 0 Å². The van der Waals surface area contributed by atoms with Crippen molar-refractivity contribution in [1.82, 2.24) is 15.2 Å². The van der Waals surface area contributed by atoms with Crippen LogP contribution in [-0.4, -0.2) is 48.6 Å². The molecule has 2 heterocycles. The predicted molar refractivity (Wildman–Crippen MR) is 85.1 cm³/mol. The van der Waals surface area contributed by atoms with E-state index in [0.717, 1.165) is 25.3 Å². The summed E-state index contributed by atoms with van der Waals surface area (Å²) in [4.78, 5) is 9.26. The van der Waals surface area contributed by atoms with Gasteiger partial charge in [-0.05, 0) is 53.4 Å². The highest BCUT2D eigenvalue weighted by atomic mass is 15.2. The van der Waals surface area contributed by atoms with Crippen molar-refractivity contribution < 1.29 is 0 Å². The van der Waals surface area contributed by atoms with Gasteiger partial charge in [-0.3, -0.25) is 4.98 Å². The van der Waals surface area contributed by atoms with Crippen LogP contribution in [0.2, 0.25) is 0 Å². The summed E-state index contributed by atoms with van der Waals surface area (Å²) in [5, 5.41) is 3.49. The molecule has 1 aliphatic heterocycles. The molecule has 1 fully saturated rings. The summed E-state index contributed by atoms with van der Waals surface area (Å²) in [6, 6.07) is 5.01. The number of pyridine rings is 1. The summed E-state index contributed by atoms with van der Waals surface area (Å²) in [5.74, 6) is 0. The summed E-state index contributed by atoms with van der Waals surface area (Å²) >= 11 is 0. The quantitative estimate of drug-likeness (QED) is 0.912. The minimum atomic E-state index is 0.126. The van der Waals surface area contributed by atoms with E-state index in [4.69, 9.17) is 0 Å². The van der Waals surface area contributed by atoms with Crippen LogP contribution in [-0.2, 0) is 6.54 Å².